The van der Waals surface area contributed by atoms with Gasteiger partial charge < -0.3 is 4.74 Å². The van der Waals surface area contributed by atoms with Crippen molar-refractivity contribution in [3.63, 3.8) is 0 Å². The molecule has 0 unspecified atom stereocenters. The number of rotatable bonds is 5. The quantitative estimate of drug-likeness (QED) is 0.433. The highest BCUT2D eigenvalue weighted by Crippen LogP contribution is 2.27. The summed E-state index contributed by atoms with van der Waals surface area (Å²) in [6.45, 7) is 0.186. The molecule has 0 aliphatic heterocycles. The number of para-hydroxylation sites is 1. The summed E-state index contributed by atoms with van der Waals surface area (Å²) in [5, 5.41) is 20.2. The van der Waals surface area contributed by atoms with E-state index < -0.39 is 4.92 Å². The Hall–Kier alpha value is -3.74. The molecule has 0 saturated heterocycles. The second kappa shape index (κ2) is 6.64. The fourth-order valence-corrected chi connectivity index (χ4v) is 2.71. The minimum atomic E-state index is -0.447. The summed E-state index contributed by atoms with van der Waals surface area (Å²) in [5.74, 6) is 1.48. The van der Waals surface area contributed by atoms with E-state index in [4.69, 9.17) is 4.74 Å². The number of hydrogen-bond acceptors (Lipinski definition) is 5. The topological polar surface area (TPSA) is 93.9 Å². The molecule has 7 nitrogen and oxygen atoms in total. The van der Waals surface area contributed by atoms with Crippen molar-refractivity contribution in [3.8, 4) is 17.1 Å². The molecule has 0 atom stereocenters. The van der Waals surface area contributed by atoms with Crippen molar-refractivity contribution in [2.75, 3.05) is 0 Å². The van der Waals surface area contributed by atoms with Gasteiger partial charge in [-0.25, -0.2) is 4.98 Å². The fourth-order valence-electron chi connectivity index (χ4n) is 2.71. The third kappa shape index (κ3) is 3.10. The molecule has 0 spiro atoms. The number of hydrogen-bond donors (Lipinski definition) is 1. The van der Waals surface area contributed by atoms with Gasteiger partial charge in [-0.1, -0.05) is 42.5 Å². The van der Waals surface area contributed by atoms with Gasteiger partial charge in [0.25, 0.3) is 5.69 Å². The van der Waals surface area contributed by atoms with Crippen LogP contribution in [0.15, 0.2) is 66.7 Å². The summed E-state index contributed by atoms with van der Waals surface area (Å²) >= 11 is 0. The molecule has 7 heteroatoms. The monoisotopic (exact) mass is 346 g/mol. The van der Waals surface area contributed by atoms with Crippen molar-refractivity contribution < 1.29 is 9.66 Å². The number of nitrogens with one attached hydrogen (secondary N) is 1. The zero-order valence-electron chi connectivity index (χ0n) is 13.6. The summed E-state index contributed by atoms with van der Waals surface area (Å²) in [5.41, 5.74) is 0.333. The zero-order valence-corrected chi connectivity index (χ0v) is 13.6. The average molecular weight is 346 g/mol. The highest BCUT2D eigenvalue weighted by atomic mass is 16.6. The summed E-state index contributed by atoms with van der Waals surface area (Å²) < 4.78 is 5.76. The Labute approximate surface area is 148 Å². The van der Waals surface area contributed by atoms with Gasteiger partial charge in [0.15, 0.2) is 11.6 Å². The van der Waals surface area contributed by atoms with Gasteiger partial charge in [-0.2, -0.15) is 5.10 Å². The fraction of sp³-hybridized carbons (Fsp3) is 0.0526. The van der Waals surface area contributed by atoms with Gasteiger partial charge in [-0.3, -0.25) is 15.2 Å². The molecule has 1 aromatic heterocycles. The molecule has 0 amide bonds. The molecule has 0 fully saturated rings. The van der Waals surface area contributed by atoms with Gasteiger partial charge in [0, 0.05) is 6.07 Å². The van der Waals surface area contributed by atoms with Gasteiger partial charge in [-0.15, -0.1) is 0 Å². The molecule has 1 heterocycles. The molecule has 1 N–H and O–H groups in total. The highest BCUT2D eigenvalue weighted by molar-refractivity contribution is 5.83. The van der Waals surface area contributed by atoms with E-state index in [1.54, 1.807) is 18.2 Å². The van der Waals surface area contributed by atoms with E-state index in [0.29, 0.717) is 17.1 Å². The number of fused-ring (bicyclic) bond motifs is 1. The van der Waals surface area contributed by atoms with Crippen molar-refractivity contribution >= 4 is 16.5 Å². The van der Waals surface area contributed by atoms with Crippen LogP contribution < -0.4 is 4.74 Å². The van der Waals surface area contributed by atoms with Crippen LogP contribution in [0.3, 0.4) is 0 Å². The molecule has 0 radical (unpaired) electrons. The minimum Gasteiger partial charge on any atom is -0.486 e. The standard InChI is InChI=1S/C19H14N4O3/c24-23(25)17-8-4-3-7-16(17)19-20-18(21-22-19)12-26-15-10-9-13-5-1-2-6-14(13)11-15/h1-11H,12H2,(H,20,21,22). The van der Waals surface area contributed by atoms with Crippen molar-refractivity contribution in [3.05, 3.63) is 82.7 Å². The van der Waals surface area contributed by atoms with Crippen LogP contribution in [0.2, 0.25) is 0 Å². The van der Waals surface area contributed by atoms with Gasteiger partial charge >= 0.3 is 0 Å². The summed E-state index contributed by atoms with van der Waals surface area (Å²) in [4.78, 5) is 15.0. The lowest BCUT2D eigenvalue weighted by Crippen LogP contribution is -1.97. The smallest absolute Gasteiger partial charge is 0.280 e. The van der Waals surface area contributed by atoms with E-state index in [0.717, 1.165) is 10.8 Å². The second-order valence-corrected chi connectivity index (χ2v) is 5.68. The van der Waals surface area contributed by atoms with E-state index in [9.17, 15) is 10.1 Å². The van der Waals surface area contributed by atoms with Crippen LogP contribution in [0.4, 0.5) is 5.69 Å². The first-order valence-corrected chi connectivity index (χ1v) is 7.97. The Kier molecular flexibility index (Phi) is 4.03. The molecule has 3 aromatic carbocycles. The minimum absolute atomic E-state index is 0.0338. The van der Waals surface area contributed by atoms with E-state index in [-0.39, 0.29) is 18.1 Å². The van der Waals surface area contributed by atoms with Crippen LogP contribution >= 0.6 is 0 Å². The van der Waals surface area contributed by atoms with Crippen LogP contribution in [0.5, 0.6) is 5.75 Å². The van der Waals surface area contributed by atoms with Crippen LogP contribution in [-0.2, 0) is 6.61 Å². The summed E-state index contributed by atoms with van der Waals surface area (Å²) in [6.07, 6.45) is 0. The van der Waals surface area contributed by atoms with Crippen LogP contribution in [0.1, 0.15) is 5.82 Å². The van der Waals surface area contributed by atoms with E-state index in [1.165, 1.54) is 6.07 Å². The first kappa shape index (κ1) is 15.8. The maximum atomic E-state index is 11.1. The lowest BCUT2D eigenvalue weighted by Gasteiger charge is -2.05. The molecular formula is C19H14N4O3. The number of H-pyrrole nitrogens is 1. The Balaban J connectivity index is 1.52. The Morgan fingerprint density at radius 1 is 1.00 bits per heavy atom. The predicted octanol–water partition coefficient (Wildman–Crippen LogP) is 4.11. The Morgan fingerprint density at radius 2 is 1.77 bits per heavy atom. The number of nitro benzene ring substituents is 1. The van der Waals surface area contributed by atoms with Gasteiger partial charge in [0.2, 0.25) is 0 Å². The molecule has 0 aliphatic carbocycles. The molecular weight excluding hydrogens is 332 g/mol. The van der Waals surface area contributed by atoms with Crippen LogP contribution in [0, 0.1) is 10.1 Å². The molecule has 128 valence electrons. The zero-order chi connectivity index (χ0) is 17.9. The maximum absolute atomic E-state index is 11.1. The number of aromatic nitrogens is 3. The molecule has 4 aromatic rings. The van der Waals surface area contributed by atoms with Crippen LogP contribution in [-0.4, -0.2) is 20.1 Å². The maximum Gasteiger partial charge on any atom is 0.280 e. The third-order valence-corrected chi connectivity index (χ3v) is 3.97. The Bertz CT molecular complexity index is 1090. The second-order valence-electron chi connectivity index (χ2n) is 5.68. The van der Waals surface area contributed by atoms with E-state index in [2.05, 4.69) is 15.2 Å². The third-order valence-electron chi connectivity index (χ3n) is 3.97. The average Bonchev–Trinajstić information content (AvgIpc) is 3.15. The predicted molar refractivity (Wildman–Crippen MR) is 96.8 cm³/mol. The number of aromatic amines is 1. The molecule has 0 saturated carbocycles. The van der Waals surface area contributed by atoms with E-state index >= 15 is 0 Å². The number of nitrogens with zero attached hydrogens (tertiary/aromatic N) is 3. The summed E-state index contributed by atoms with van der Waals surface area (Å²) in [6, 6.07) is 20.2. The van der Waals surface area contributed by atoms with Crippen molar-refractivity contribution in [2.45, 2.75) is 6.61 Å². The SMILES string of the molecule is O=[N+]([O-])c1ccccc1-c1n[nH]c(COc2ccc3ccccc3c2)n1. The van der Waals surface area contributed by atoms with Crippen LogP contribution in [0.25, 0.3) is 22.2 Å². The molecule has 4 rings (SSSR count). The molecule has 0 aliphatic rings. The number of nitro groups is 1. The van der Waals surface area contributed by atoms with Crippen molar-refractivity contribution in [1.82, 2.24) is 15.2 Å². The van der Waals surface area contributed by atoms with Gasteiger partial charge in [-0.05, 0) is 29.0 Å². The molecule has 26 heavy (non-hydrogen) atoms. The Morgan fingerprint density at radius 3 is 2.62 bits per heavy atom. The lowest BCUT2D eigenvalue weighted by molar-refractivity contribution is -0.384. The molecule has 0 bridgehead atoms. The largest absolute Gasteiger partial charge is 0.486 e. The van der Waals surface area contributed by atoms with Gasteiger partial charge in [0.1, 0.15) is 12.4 Å². The normalized spacial score (nSPS) is 10.8. The first-order chi connectivity index (χ1) is 12.7. The highest BCUT2D eigenvalue weighted by Gasteiger charge is 2.18. The lowest BCUT2D eigenvalue weighted by atomic mass is 10.1. The first-order valence-electron chi connectivity index (χ1n) is 7.97. The van der Waals surface area contributed by atoms with Crippen molar-refractivity contribution in [2.24, 2.45) is 0 Å². The van der Waals surface area contributed by atoms with Gasteiger partial charge in [0.05, 0.1) is 10.5 Å². The number of ether oxygens (including phenoxy) is 1. The van der Waals surface area contributed by atoms with E-state index in [1.807, 2.05) is 42.5 Å². The summed E-state index contributed by atoms with van der Waals surface area (Å²) in [7, 11) is 0. The van der Waals surface area contributed by atoms with Crippen molar-refractivity contribution in [1.29, 1.82) is 0 Å². The number of benzene rings is 3.